The largest absolute Gasteiger partial charge is 0.447 e. The van der Waals surface area contributed by atoms with Crippen molar-refractivity contribution in [1.29, 1.82) is 0 Å². The van der Waals surface area contributed by atoms with Crippen molar-refractivity contribution < 1.29 is 22.7 Å². The molecule has 178 valence electrons. The van der Waals surface area contributed by atoms with Crippen LogP contribution in [0.3, 0.4) is 0 Å². The van der Waals surface area contributed by atoms with Gasteiger partial charge in [-0.25, -0.2) is 19.7 Å². The van der Waals surface area contributed by atoms with E-state index in [0.29, 0.717) is 29.4 Å². The molecule has 3 heterocycles. The van der Waals surface area contributed by atoms with E-state index < -0.39 is 23.9 Å². The van der Waals surface area contributed by atoms with Crippen LogP contribution in [0.2, 0.25) is 0 Å². The van der Waals surface area contributed by atoms with Crippen molar-refractivity contribution in [3.05, 3.63) is 60.3 Å². The molecule has 0 aliphatic carbocycles. The fourth-order valence-corrected chi connectivity index (χ4v) is 3.59. The van der Waals surface area contributed by atoms with Gasteiger partial charge in [-0.05, 0) is 36.6 Å². The van der Waals surface area contributed by atoms with Crippen LogP contribution in [0.25, 0.3) is 11.1 Å². The highest BCUT2D eigenvalue weighted by molar-refractivity contribution is 5.89. The summed E-state index contributed by atoms with van der Waals surface area (Å²) in [5.41, 5.74) is 0.102. The van der Waals surface area contributed by atoms with Crippen LogP contribution in [0.15, 0.2) is 48.9 Å². The van der Waals surface area contributed by atoms with Crippen LogP contribution in [-0.2, 0) is 10.9 Å². The van der Waals surface area contributed by atoms with Gasteiger partial charge in [-0.2, -0.15) is 18.2 Å². The molecule has 0 bridgehead atoms. The first-order valence-electron chi connectivity index (χ1n) is 10.7. The highest BCUT2D eigenvalue weighted by Crippen LogP contribution is 2.32. The Kier molecular flexibility index (Phi) is 6.36. The molecule has 11 heteroatoms. The van der Waals surface area contributed by atoms with E-state index in [4.69, 9.17) is 4.74 Å². The lowest BCUT2D eigenvalue weighted by atomic mass is 10.0. The molecule has 1 amide bonds. The Balaban J connectivity index is 1.49. The number of carbonyl (C=O) groups is 1. The van der Waals surface area contributed by atoms with Crippen molar-refractivity contribution in [1.82, 2.24) is 19.9 Å². The lowest BCUT2D eigenvalue weighted by Crippen LogP contribution is -2.37. The first-order valence-corrected chi connectivity index (χ1v) is 10.7. The third kappa shape index (κ3) is 4.92. The van der Waals surface area contributed by atoms with Crippen LogP contribution < -0.4 is 10.2 Å². The minimum absolute atomic E-state index is 0.126. The summed E-state index contributed by atoms with van der Waals surface area (Å²) in [5.74, 6) is 1.29. The summed E-state index contributed by atoms with van der Waals surface area (Å²) < 4.78 is 44.2. The number of hydrogen-bond donors (Lipinski definition) is 1. The summed E-state index contributed by atoms with van der Waals surface area (Å²) in [5, 5.41) is 3.09. The second-order valence-corrected chi connectivity index (χ2v) is 8.27. The summed E-state index contributed by atoms with van der Waals surface area (Å²) >= 11 is 0. The van der Waals surface area contributed by atoms with Gasteiger partial charge in [-0.3, -0.25) is 4.90 Å². The van der Waals surface area contributed by atoms with Gasteiger partial charge < -0.3 is 10.1 Å². The van der Waals surface area contributed by atoms with E-state index in [-0.39, 0.29) is 17.9 Å². The maximum Gasteiger partial charge on any atom is 0.416 e. The molecule has 1 fully saturated rings. The second-order valence-electron chi connectivity index (χ2n) is 8.27. The average molecular weight is 472 g/mol. The van der Waals surface area contributed by atoms with Crippen molar-refractivity contribution in [2.45, 2.75) is 39.0 Å². The molecule has 0 saturated carbocycles. The number of anilines is 2. The molecule has 2 atom stereocenters. The number of alkyl halides is 3. The van der Waals surface area contributed by atoms with Gasteiger partial charge in [0.2, 0.25) is 5.95 Å². The molecule has 0 unspecified atom stereocenters. The Labute approximate surface area is 194 Å². The van der Waals surface area contributed by atoms with Crippen LogP contribution in [0.1, 0.15) is 38.2 Å². The summed E-state index contributed by atoms with van der Waals surface area (Å²) in [6.45, 7) is 6.10. The van der Waals surface area contributed by atoms with Gasteiger partial charge in [0.15, 0.2) is 0 Å². The molecule has 4 rings (SSSR count). The molecule has 1 aromatic carbocycles. The highest BCUT2D eigenvalue weighted by Gasteiger charge is 2.37. The van der Waals surface area contributed by atoms with Crippen molar-refractivity contribution in [3.8, 4) is 11.1 Å². The Morgan fingerprint density at radius 2 is 1.82 bits per heavy atom. The van der Waals surface area contributed by atoms with Crippen LogP contribution >= 0.6 is 0 Å². The number of nitrogens with one attached hydrogen (secondary N) is 1. The third-order valence-electron chi connectivity index (χ3n) is 5.49. The SMILES string of the molecule is CC(C)[C@H]1COC(=O)N1c1ccnc(N[C@H](C)c2ncc(-c3cccc(C(F)(F)F)c3)cn2)n1. The van der Waals surface area contributed by atoms with Gasteiger partial charge in [-0.1, -0.05) is 26.0 Å². The van der Waals surface area contributed by atoms with E-state index in [9.17, 15) is 18.0 Å². The van der Waals surface area contributed by atoms with Crippen molar-refractivity contribution in [2.24, 2.45) is 5.92 Å². The Morgan fingerprint density at radius 1 is 1.09 bits per heavy atom. The lowest BCUT2D eigenvalue weighted by molar-refractivity contribution is -0.137. The number of halogens is 3. The van der Waals surface area contributed by atoms with Gasteiger partial charge in [0.05, 0.1) is 17.6 Å². The molecule has 2 aromatic heterocycles. The first kappa shape index (κ1) is 23.4. The number of carbonyl (C=O) groups excluding carboxylic acids is 1. The quantitative estimate of drug-likeness (QED) is 0.533. The maximum atomic E-state index is 13.0. The normalized spacial score (nSPS) is 17.1. The Bertz CT molecular complexity index is 1170. The molecule has 8 nitrogen and oxygen atoms in total. The summed E-state index contributed by atoms with van der Waals surface area (Å²) in [6, 6.07) is 6.11. The fraction of sp³-hybridized carbons (Fsp3) is 0.348. The predicted molar refractivity (Wildman–Crippen MR) is 119 cm³/mol. The number of rotatable bonds is 6. The average Bonchev–Trinajstić information content (AvgIpc) is 3.20. The lowest BCUT2D eigenvalue weighted by Gasteiger charge is -2.23. The van der Waals surface area contributed by atoms with E-state index in [1.165, 1.54) is 29.6 Å². The Morgan fingerprint density at radius 3 is 2.50 bits per heavy atom. The zero-order valence-electron chi connectivity index (χ0n) is 18.7. The van der Waals surface area contributed by atoms with E-state index in [0.717, 1.165) is 12.1 Å². The van der Waals surface area contributed by atoms with Gasteiger partial charge in [-0.15, -0.1) is 0 Å². The third-order valence-corrected chi connectivity index (χ3v) is 5.49. The number of benzene rings is 1. The predicted octanol–water partition coefficient (Wildman–Crippen LogP) is 5.11. The molecule has 1 aliphatic rings. The molecule has 0 radical (unpaired) electrons. The number of nitrogens with zero attached hydrogens (tertiary/aromatic N) is 5. The van der Waals surface area contributed by atoms with Crippen molar-refractivity contribution in [2.75, 3.05) is 16.8 Å². The highest BCUT2D eigenvalue weighted by atomic mass is 19.4. The second kappa shape index (κ2) is 9.24. The monoisotopic (exact) mass is 472 g/mol. The standard InChI is InChI=1S/C23H23F3N6O2/c1-13(2)18-12-34-22(33)32(18)19-7-8-27-21(31-19)30-14(3)20-28-10-16(11-29-20)15-5-4-6-17(9-15)23(24,25)26/h4-11,13-14,18H,12H2,1-3H3,(H,27,30,31)/t14-,18-/m1/s1. The molecule has 1 N–H and O–H groups in total. The zero-order chi connectivity index (χ0) is 24.5. The minimum Gasteiger partial charge on any atom is -0.447 e. The number of ether oxygens (including phenoxy) is 1. The van der Waals surface area contributed by atoms with Gasteiger partial charge in [0, 0.05) is 24.2 Å². The molecular formula is C23H23F3N6O2. The molecular weight excluding hydrogens is 449 g/mol. The molecule has 1 aliphatic heterocycles. The summed E-state index contributed by atoms with van der Waals surface area (Å²) in [6.07, 6.45) is -0.394. The zero-order valence-corrected chi connectivity index (χ0v) is 18.7. The van der Waals surface area contributed by atoms with E-state index in [2.05, 4.69) is 25.3 Å². The van der Waals surface area contributed by atoms with Crippen molar-refractivity contribution in [3.63, 3.8) is 0 Å². The molecule has 1 saturated heterocycles. The van der Waals surface area contributed by atoms with Gasteiger partial charge in [0.25, 0.3) is 0 Å². The number of cyclic esters (lactones) is 1. The van der Waals surface area contributed by atoms with E-state index in [1.54, 1.807) is 19.1 Å². The summed E-state index contributed by atoms with van der Waals surface area (Å²) in [7, 11) is 0. The smallest absolute Gasteiger partial charge is 0.416 e. The fourth-order valence-electron chi connectivity index (χ4n) is 3.59. The van der Waals surface area contributed by atoms with Crippen LogP contribution in [0.4, 0.5) is 29.7 Å². The summed E-state index contributed by atoms with van der Waals surface area (Å²) in [4.78, 5) is 31.0. The Hall–Kier alpha value is -3.76. The maximum absolute atomic E-state index is 13.0. The number of aromatic nitrogens is 4. The first-order chi connectivity index (χ1) is 16.1. The molecule has 3 aromatic rings. The van der Waals surface area contributed by atoms with Crippen LogP contribution in [0.5, 0.6) is 0 Å². The molecule has 0 spiro atoms. The topological polar surface area (TPSA) is 93.1 Å². The number of amides is 1. The van der Waals surface area contributed by atoms with E-state index in [1.807, 2.05) is 13.8 Å². The van der Waals surface area contributed by atoms with Gasteiger partial charge in [0.1, 0.15) is 18.2 Å². The van der Waals surface area contributed by atoms with Crippen LogP contribution in [0, 0.1) is 5.92 Å². The molecule has 34 heavy (non-hydrogen) atoms. The minimum atomic E-state index is -4.43. The van der Waals surface area contributed by atoms with Crippen molar-refractivity contribution >= 4 is 17.9 Å². The number of hydrogen-bond acceptors (Lipinski definition) is 7. The van der Waals surface area contributed by atoms with Gasteiger partial charge >= 0.3 is 12.3 Å². The van der Waals surface area contributed by atoms with Crippen LogP contribution in [-0.4, -0.2) is 38.7 Å². The van der Waals surface area contributed by atoms with E-state index >= 15 is 0 Å².